The predicted octanol–water partition coefficient (Wildman–Crippen LogP) is 1.99. The molecule has 3 rings (SSSR count). The van der Waals surface area contributed by atoms with E-state index in [9.17, 15) is 10.2 Å². The standard InChI is InChI=1S/C16H26N8O4Si/c1-16(2,3)29(4,5)27-6-8-10(25)11(26)14(28-8)24-13-9(12(17)19-7-20-13)21-15(24)22-23-18/h7-8,10-11,14,25-26H,6H2,1-5H3,(H2,17,19,20)/t8-,10+,11?,14-/m1/s1. The van der Waals surface area contributed by atoms with Gasteiger partial charge in [0.2, 0.25) is 5.95 Å². The first-order chi connectivity index (χ1) is 13.5. The van der Waals surface area contributed by atoms with Crippen LogP contribution < -0.4 is 5.73 Å². The lowest BCUT2D eigenvalue weighted by molar-refractivity contribution is -0.0482. The van der Waals surface area contributed by atoms with E-state index < -0.39 is 32.9 Å². The highest BCUT2D eigenvalue weighted by Gasteiger charge is 2.47. The fraction of sp³-hybridized carbons (Fsp3) is 0.688. The van der Waals surface area contributed by atoms with Gasteiger partial charge in [0, 0.05) is 4.91 Å². The third kappa shape index (κ3) is 3.80. The first-order valence-corrected chi connectivity index (χ1v) is 12.1. The maximum atomic E-state index is 10.6. The fourth-order valence-electron chi connectivity index (χ4n) is 2.85. The van der Waals surface area contributed by atoms with E-state index in [0.717, 1.165) is 0 Å². The number of nitrogens with two attached hydrogens (primary N) is 1. The fourth-order valence-corrected chi connectivity index (χ4v) is 3.86. The van der Waals surface area contributed by atoms with Gasteiger partial charge in [0.05, 0.1) is 6.61 Å². The van der Waals surface area contributed by atoms with Crippen LogP contribution in [-0.4, -0.2) is 63.0 Å². The second-order valence-electron chi connectivity index (χ2n) is 8.52. The second kappa shape index (κ2) is 7.52. The summed E-state index contributed by atoms with van der Waals surface area (Å²) >= 11 is 0. The Hall–Kier alpha value is -2.28. The van der Waals surface area contributed by atoms with Crippen LogP contribution in [0.25, 0.3) is 21.6 Å². The Balaban J connectivity index is 1.92. The number of fused-ring (bicyclic) bond motifs is 1. The van der Waals surface area contributed by atoms with E-state index in [1.807, 2.05) is 0 Å². The Morgan fingerprint density at radius 1 is 1.34 bits per heavy atom. The van der Waals surface area contributed by atoms with E-state index in [2.05, 4.69) is 58.8 Å². The van der Waals surface area contributed by atoms with Gasteiger partial charge in [0.1, 0.15) is 24.6 Å². The zero-order chi connectivity index (χ0) is 21.6. The van der Waals surface area contributed by atoms with Crippen LogP contribution in [0, 0.1) is 0 Å². The number of aliphatic hydroxyl groups excluding tert-OH is 2. The minimum absolute atomic E-state index is 0.0156. The molecule has 1 saturated heterocycles. The monoisotopic (exact) mass is 422 g/mol. The van der Waals surface area contributed by atoms with E-state index in [1.165, 1.54) is 10.9 Å². The molecule has 0 aliphatic carbocycles. The molecule has 3 heterocycles. The van der Waals surface area contributed by atoms with Gasteiger partial charge in [-0.3, -0.25) is 4.57 Å². The van der Waals surface area contributed by atoms with Crippen LogP contribution in [0.3, 0.4) is 0 Å². The molecule has 0 aromatic carbocycles. The molecule has 0 saturated carbocycles. The van der Waals surface area contributed by atoms with E-state index in [1.54, 1.807) is 0 Å². The van der Waals surface area contributed by atoms with Gasteiger partial charge in [-0.05, 0) is 28.8 Å². The Morgan fingerprint density at radius 2 is 2.03 bits per heavy atom. The molecule has 4 atom stereocenters. The number of hydrogen-bond donors (Lipinski definition) is 3. The third-order valence-corrected chi connectivity index (χ3v) is 10.1. The van der Waals surface area contributed by atoms with Gasteiger partial charge in [-0.2, -0.15) is 0 Å². The maximum absolute atomic E-state index is 10.6. The third-order valence-electron chi connectivity index (χ3n) is 5.63. The molecule has 0 bridgehead atoms. The molecular weight excluding hydrogens is 396 g/mol. The Labute approximate surface area is 168 Å². The van der Waals surface area contributed by atoms with Gasteiger partial charge in [-0.1, -0.05) is 20.8 Å². The predicted molar refractivity (Wildman–Crippen MR) is 108 cm³/mol. The van der Waals surface area contributed by atoms with Crippen LogP contribution in [0.5, 0.6) is 0 Å². The lowest BCUT2D eigenvalue weighted by Crippen LogP contribution is -2.44. The second-order valence-corrected chi connectivity index (χ2v) is 13.3. The summed E-state index contributed by atoms with van der Waals surface area (Å²) < 4.78 is 13.4. The van der Waals surface area contributed by atoms with Crippen LogP contribution in [-0.2, 0) is 9.16 Å². The topological polar surface area (TPSA) is 177 Å². The average molecular weight is 423 g/mol. The van der Waals surface area contributed by atoms with Gasteiger partial charge < -0.3 is 25.1 Å². The van der Waals surface area contributed by atoms with E-state index in [0.29, 0.717) is 0 Å². The van der Waals surface area contributed by atoms with Crippen molar-refractivity contribution >= 4 is 31.2 Å². The molecule has 29 heavy (non-hydrogen) atoms. The number of nitrogen functional groups attached to an aromatic ring is 1. The maximum Gasteiger partial charge on any atom is 0.201 e. The normalized spacial score (nSPS) is 25.3. The molecule has 0 amide bonds. The lowest BCUT2D eigenvalue weighted by atomic mass is 10.1. The number of ether oxygens (including phenoxy) is 1. The van der Waals surface area contributed by atoms with Crippen LogP contribution in [0.4, 0.5) is 11.8 Å². The van der Waals surface area contributed by atoms with Crippen LogP contribution in [0.1, 0.15) is 27.0 Å². The summed E-state index contributed by atoms with van der Waals surface area (Å²) in [5.74, 6) is -0.00843. The summed E-state index contributed by atoms with van der Waals surface area (Å²) in [6.45, 7) is 10.6. The van der Waals surface area contributed by atoms with Gasteiger partial charge >= 0.3 is 0 Å². The van der Waals surface area contributed by atoms with Gasteiger partial charge in [0.25, 0.3) is 0 Å². The van der Waals surface area contributed by atoms with Crippen molar-refractivity contribution < 1.29 is 19.4 Å². The summed E-state index contributed by atoms with van der Waals surface area (Å²) in [6.07, 6.45) is -3.16. The lowest BCUT2D eigenvalue weighted by Gasteiger charge is -2.37. The van der Waals surface area contributed by atoms with Crippen molar-refractivity contribution in [2.45, 2.75) is 63.4 Å². The van der Waals surface area contributed by atoms with Gasteiger partial charge in [-0.15, -0.1) is 0 Å². The number of anilines is 1. The highest BCUT2D eigenvalue weighted by atomic mass is 28.4. The summed E-state index contributed by atoms with van der Waals surface area (Å²) in [6, 6.07) is 0. The molecule has 4 N–H and O–H groups in total. The van der Waals surface area contributed by atoms with Gasteiger partial charge in [-0.25, -0.2) is 15.0 Å². The number of imidazole rings is 1. The number of azide groups is 1. The number of aromatic nitrogens is 4. The van der Waals surface area contributed by atoms with Crippen molar-refractivity contribution in [3.63, 3.8) is 0 Å². The Kier molecular flexibility index (Phi) is 5.55. The zero-order valence-corrected chi connectivity index (χ0v) is 18.0. The summed E-state index contributed by atoms with van der Waals surface area (Å²) in [7, 11) is -2.08. The minimum Gasteiger partial charge on any atom is -0.414 e. The Morgan fingerprint density at radius 3 is 2.66 bits per heavy atom. The van der Waals surface area contributed by atoms with Crippen molar-refractivity contribution in [1.82, 2.24) is 19.5 Å². The number of aliphatic hydroxyl groups is 2. The molecule has 0 radical (unpaired) electrons. The molecule has 158 valence electrons. The first kappa shape index (κ1) is 21.4. The highest BCUT2D eigenvalue weighted by Crippen LogP contribution is 2.39. The molecule has 1 aliphatic heterocycles. The average Bonchev–Trinajstić information content (AvgIpc) is 3.12. The number of rotatable bonds is 5. The van der Waals surface area contributed by atoms with Crippen molar-refractivity contribution in [1.29, 1.82) is 0 Å². The van der Waals surface area contributed by atoms with Crippen molar-refractivity contribution in [2.75, 3.05) is 12.3 Å². The van der Waals surface area contributed by atoms with E-state index >= 15 is 0 Å². The molecule has 0 spiro atoms. The largest absolute Gasteiger partial charge is 0.414 e. The first-order valence-electron chi connectivity index (χ1n) is 9.17. The molecule has 1 unspecified atom stereocenters. The quantitative estimate of drug-likeness (QED) is 0.283. The molecule has 13 heteroatoms. The smallest absolute Gasteiger partial charge is 0.201 e. The zero-order valence-electron chi connectivity index (χ0n) is 17.0. The molecular formula is C16H26N8O4Si. The number of hydrogen-bond acceptors (Lipinski definition) is 9. The van der Waals surface area contributed by atoms with Crippen LogP contribution in [0.2, 0.25) is 18.1 Å². The summed E-state index contributed by atoms with van der Waals surface area (Å²) in [5, 5.41) is 24.7. The van der Waals surface area contributed by atoms with Gasteiger partial charge in [0.15, 0.2) is 31.5 Å². The van der Waals surface area contributed by atoms with Crippen LogP contribution >= 0.6 is 0 Å². The minimum atomic E-state index is -2.08. The SMILES string of the molecule is CC(C)(C)[Si](C)(C)OC[C@H]1O[C@@H](n2c(N=[N+]=[N-])nc3c(N)ncnc32)C(O)[C@H]1O. The molecule has 12 nitrogen and oxygen atoms in total. The molecule has 1 aliphatic rings. The molecule has 2 aromatic heterocycles. The molecule has 2 aromatic rings. The molecule has 1 fully saturated rings. The highest BCUT2D eigenvalue weighted by molar-refractivity contribution is 6.74. The van der Waals surface area contributed by atoms with E-state index in [4.69, 9.17) is 20.4 Å². The van der Waals surface area contributed by atoms with Crippen molar-refractivity contribution in [3.05, 3.63) is 16.8 Å². The number of nitrogens with zero attached hydrogens (tertiary/aromatic N) is 7. The Bertz CT molecular complexity index is 952. The van der Waals surface area contributed by atoms with Crippen LogP contribution in [0.15, 0.2) is 11.4 Å². The van der Waals surface area contributed by atoms with Crippen molar-refractivity contribution in [2.24, 2.45) is 5.11 Å². The summed E-state index contributed by atoms with van der Waals surface area (Å²) in [4.78, 5) is 14.9. The van der Waals surface area contributed by atoms with E-state index in [-0.39, 0.29) is 34.6 Å². The summed E-state index contributed by atoms with van der Waals surface area (Å²) in [5.41, 5.74) is 15.1. The van der Waals surface area contributed by atoms with Crippen molar-refractivity contribution in [3.8, 4) is 0 Å².